The van der Waals surface area contributed by atoms with Crippen molar-refractivity contribution < 1.29 is 4.42 Å². The third-order valence-corrected chi connectivity index (χ3v) is 18.0. The summed E-state index contributed by atoms with van der Waals surface area (Å²) in [7, 11) is 0. The second kappa shape index (κ2) is 16.2. The summed E-state index contributed by atoms with van der Waals surface area (Å²) in [5, 5.41) is 4.73. The largest absolute Gasteiger partial charge is 0.455 e. The van der Waals surface area contributed by atoms with Gasteiger partial charge in [0.1, 0.15) is 11.2 Å². The number of para-hydroxylation sites is 1. The standard InChI is InChI=1S/C73H70BN3O/c1-69(2,3)43-23-30-47(31-24-43)75(48-32-25-44(26-33-48)70(4,5)6)50-36-37-58-61(40-50)76-59-38-29-46(72(10,11)12)39-54(59)65-67(76)66-63(64-52-20-16-18-22-62(52)78-68(64)65)55-41-53-51-19-15-17-21-56(51)73(13,14)57(53)42-60(55)77(74(58)66)49-34-27-45(28-35-49)71(7,8)9/h15-42H,1-14H3. The molecule has 0 fully saturated rings. The number of rotatable bonds is 4. The van der Waals surface area contributed by atoms with Gasteiger partial charge in [0.05, 0.1) is 16.4 Å². The van der Waals surface area contributed by atoms with Gasteiger partial charge >= 0.3 is 6.85 Å². The van der Waals surface area contributed by atoms with E-state index in [1.165, 1.54) is 111 Å². The maximum absolute atomic E-state index is 7.39. The molecule has 0 saturated carbocycles. The lowest BCUT2D eigenvalue weighted by Gasteiger charge is -2.43. The van der Waals surface area contributed by atoms with Gasteiger partial charge in [0.25, 0.3) is 0 Å². The third-order valence-electron chi connectivity index (χ3n) is 18.0. The number of nitrogens with zero attached hydrogens (tertiary/aromatic N) is 3. The minimum absolute atomic E-state index is 0.00560. The topological polar surface area (TPSA) is 24.6 Å². The predicted octanol–water partition coefficient (Wildman–Crippen LogP) is 18.9. The van der Waals surface area contributed by atoms with E-state index in [0.29, 0.717) is 0 Å². The van der Waals surface area contributed by atoms with Crippen molar-refractivity contribution in [1.82, 2.24) is 4.57 Å². The van der Waals surface area contributed by atoms with Gasteiger partial charge in [-0.05, 0) is 162 Å². The van der Waals surface area contributed by atoms with E-state index in [-0.39, 0.29) is 33.9 Å². The molecule has 3 aliphatic rings. The van der Waals surface area contributed by atoms with Crippen molar-refractivity contribution in [1.29, 1.82) is 0 Å². The second-order valence-electron chi connectivity index (χ2n) is 27.5. The van der Waals surface area contributed by atoms with Crippen LogP contribution in [-0.2, 0) is 27.1 Å². The molecule has 1 aliphatic carbocycles. The number of aromatic nitrogens is 1. The molecule has 386 valence electrons. The van der Waals surface area contributed by atoms with Crippen molar-refractivity contribution in [2.24, 2.45) is 0 Å². The van der Waals surface area contributed by atoms with Crippen molar-refractivity contribution in [2.45, 2.75) is 124 Å². The molecule has 78 heavy (non-hydrogen) atoms. The molecule has 4 nitrogen and oxygen atoms in total. The van der Waals surface area contributed by atoms with Gasteiger partial charge < -0.3 is 18.7 Å². The van der Waals surface area contributed by atoms with Gasteiger partial charge in [-0.2, -0.15) is 0 Å². The van der Waals surface area contributed by atoms with Gasteiger partial charge in [0, 0.05) is 61.3 Å². The molecule has 2 aliphatic heterocycles. The number of hydrogen-bond donors (Lipinski definition) is 0. The normalized spacial score (nSPS) is 14.6. The number of furan rings is 1. The van der Waals surface area contributed by atoms with Gasteiger partial charge in [-0.3, -0.25) is 0 Å². The van der Waals surface area contributed by atoms with Gasteiger partial charge in [0.15, 0.2) is 0 Å². The van der Waals surface area contributed by atoms with Crippen LogP contribution in [0.2, 0.25) is 0 Å². The van der Waals surface area contributed by atoms with Crippen LogP contribution in [0.1, 0.15) is 130 Å². The number of hydrogen-bond acceptors (Lipinski definition) is 3. The lowest BCUT2D eigenvalue weighted by atomic mass is 9.43. The SMILES string of the molecule is CC(C)(C)c1ccc(N2B3c4ccc(N(c5ccc(C(C)(C)C)cc5)c5ccc(C(C)(C)C)cc5)cc4-n4c5ccc(C(C)(C)C)cc5c5c6oc7ccccc7c6c(c3c54)-c3cc4c(cc32)C(C)(C)c2ccccc2-4)cc1. The van der Waals surface area contributed by atoms with E-state index in [1.807, 2.05) is 0 Å². The van der Waals surface area contributed by atoms with Gasteiger partial charge in [-0.15, -0.1) is 0 Å². The molecule has 2 aromatic heterocycles. The fourth-order valence-corrected chi connectivity index (χ4v) is 13.6. The monoisotopic (exact) mass is 1020 g/mol. The summed E-state index contributed by atoms with van der Waals surface area (Å²) in [4.78, 5) is 5.18. The fourth-order valence-electron chi connectivity index (χ4n) is 13.6. The number of fused-ring (bicyclic) bond motifs is 16. The Labute approximate surface area is 461 Å². The quantitative estimate of drug-likeness (QED) is 0.164. The zero-order valence-corrected chi connectivity index (χ0v) is 48.0. The summed E-state index contributed by atoms with van der Waals surface area (Å²) in [5.74, 6) is 0. The second-order valence-corrected chi connectivity index (χ2v) is 27.5. The van der Waals surface area contributed by atoms with Crippen molar-refractivity contribution in [2.75, 3.05) is 9.71 Å². The smallest absolute Gasteiger partial charge is 0.333 e. The van der Waals surface area contributed by atoms with Crippen LogP contribution in [0.15, 0.2) is 174 Å². The van der Waals surface area contributed by atoms with E-state index in [4.69, 9.17) is 4.42 Å². The highest BCUT2D eigenvalue weighted by Gasteiger charge is 2.48. The maximum atomic E-state index is 7.39. The highest BCUT2D eigenvalue weighted by Crippen LogP contribution is 2.57. The predicted molar refractivity (Wildman–Crippen MR) is 334 cm³/mol. The zero-order valence-electron chi connectivity index (χ0n) is 48.0. The Morgan fingerprint density at radius 2 is 1.03 bits per heavy atom. The van der Waals surface area contributed by atoms with E-state index < -0.39 is 0 Å². The molecular weight excluding hydrogens is 946 g/mol. The van der Waals surface area contributed by atoms with Crippen LogP contribution in [-0.4, -0.2) is 11.4 Å². The molecule has 11 aromatic rings. The number of benzene rings is 9. The van der Waals surface area contributed by atoms with Crippen molar-refractivity contribution >= 4 is 90.0 Å². The summed E-state index contributed by atoms with van der Waals surface area (Å²) >= 11 is 0. The Bertz CT molecular complexity index is 4250. The van der Waals surface area contributed by atoms with E-state index in [0.717, 1.165) is 33.6 Å². The Morgan fingerprint density at radius 1 is 0.462 bits per heavy atom. The third kappa shape index (κ3) is 6.98. The van der Waals surface area contributed by atoms with Crippen LogP contribution in [0.3, 0.4) is 0 Å². The first kappa shape index (κ1) is 48.6. The molecule has 0 atom stereocenters. The van der Waals surface area contributed by atoms with E-state index in [9.17, 15) is 0 Å². The summed E-state index contributed by atoms with van der Waals surface area (Å²) in [6, 6.07) is 65.6. The molecular formula is C73H70BN3O. The fraction of sp³-hybridized carbons (Fsp3) is 0.260. The minimum atomic E-state index is -0.208. The van der Waals surface area contributed by atoms with Gasteiger partial charge in [-0.1, -0.05) is 188 Å². The highest BCUT2D eigenvalue weighted by atomic mass is 16.3. The average molecular weight is 1020 g/mol. The van der Waals surface area contributed by atoms with E-state index >= 15 is 0 Å². The first-order chi connectivity index (χ1) is 37.0. The van der Waals surface area contributed by atoms with Crippen LogP contribution < -0.4 is 20.6 Å². The molecule has 5 heteroatoms. The van der Waals surface area contributed by atoms with Crippen LogP contribution in [0.25, 0.3) is 71.7 Å². The molecule has 0 spiro atoms. The van der Waals surface area contributed by atoms with Gasteiger partial charge in [-0.25, -0.2) is 0 Å². The van der Waals surface area contributed by atoms with Crippen molar-refractivity contribution in [3.05, 3.63) is 203 Å². The Hall–Kier alpha value is -7.76. The van der Waals surface area contributed by atoms with Gasteiger partial charge in [0.2, 0.25) is 0 Å². The molecule has 9 aromatic carbocycles. The van der Waals surface area contributed by atoms with Crippen molar-refractivity contribution in [3.63, 3.8) is 0 Å². The molecule has 0 radical (unpaired) electrons. The van der Waals surface area contributed by atoms with E-state index in [2.05, 4.69) is 281 Å². The molecule has 0 amide bonds. The average Bonchev–Trinajstić information content (AvgIpc) is 3.18. The van der Waals surface area contributed by atoms with Crippen LogP contribution in [0.5, 0.6) is 0 Å². The molecule has 14 rings (SSSR count). The summed E-state index contributed by atoms with van der Waals surface area (Å²) < 4.78 is 10.0. The summed E-state index contributed by atoms with van der Waals surface area (Å²) in [5.41, 5.74) is 26.6. The van der Waals surface area contributed by atoms with E-state index in [1.54, 1.807) is 0 Å². The first-order valence-corrected chi connectivity index (χ1v) is 28.3. The maximum Gasteiger partial charge on any atom is 0.333 e. The molecule has 0 N–H and O–H groups in total. The van der Waals surface area contributed by atoms with Crippen molar-refractivity contribution in [3.8, 4) is 27.9 Å². The molecule has 0 bridgehead atoms. The first-order valence-electron chi connectivity index (χ1n) is 28.3. The van der Waals surface area contributed by atoms with Crippen LogP contribution in [0.4, 0.5) is 28.4 Å². The Balaban J connectivity index is 1.14. The number of anilines is 5. The lowest BCUT2D eigenvalue weighted by molar-refractivity contribution is 0.590. The lowest BCUT2D eigenvalue weighted by Crippen LogP contribution is -2.60. The van der Waals surface area contributed by atoms with Crippen LogP contribution >= 0.6 is 0 Å². The highest BCUT2D eigenvalue weighted by molar-refractivity contribution is 6.94. The Kier molecular flexibility index (Phi) is 10.1. The summed E-state index contributed by atoms with van der Waals surface area (Å²) in [6.45, 7) is 32.3. The molecule has 0 unspecified atom stereocenters. The molecule has 4 heterocycles. The summed E-state index contributed by atoms with van der Waals surface area (Å²) in [6.07, 6.45) is 0. The minimum Gasteiger partial charge on any atom is -0.455 e. The zero-order chi connectivity index (χ0) is 54.3. The Morgan fingerprint density at radius 3 is 1.65 bits per heavy atom. The van der Waals surface area contributed by atoms with Crippen LogP contribution in [0, 0.1) is 0 Å². The molecule has 0 saturated heterocycles.